The maximum Gasteiger partial charge on any atom is 0.307 e. The predicted molar refractivity (Wildman–Crippen MR) is 47.7 cm³/mol. The van der Waals surface area contributed by atoms with E-state index >= 15 is 0 Å². The second-order valence-electron chi connectivity index (χ2n) is 4.20. The molecule has 3 saturated heterocycles. The molecule has 0 aromatic carbocycles. The summed E-state index contributed by atoms with van der Waals surface area (Å²) in [4.78, 5) is 0. The van der Waals surface area contributed by atoms with E-state index in [9.17, 15) is 4.21 Å². The summed E-state index contributed by atoms with van der Waals surface area (Å²) in [5.74, 6) is -0.652. The van der Waals surface area contributed by atoms with Crippen molar-refractivity contribution in [2.45, 2.75) is 44.2 Å². The topological polar surface area (TPSA) is 63.2 Å². The van der Waals surface area contributed by atoms with Gasteiger partial charge in [-0.25, -0.2) is 4.18 Å². The minimum atomic E-state index is -1.74. The minimum absolute atomic E-state index is 0.181. The number of hydrogen-bond acceptors (Lipinski definition) is 6. The summed E-state index contributed by atoms with van der Waals surface area (Å²) in [6.07, 6.45) is -1.53. The molecule has 15 heavy (non-hydrogen) atoms. The maximum atomic E-state index is 11.0. The molecule has 0 radical (unpaired) electrons. The summed E-state index contributed by atoms with van der Waals surface area (Å²) in [7, 11) is 0. The van der Waals surface area contributed by atoms with Crippen molar-refractivity contribution in [1.82, 2.24) is 0 Å². The molecular formula is C8H12O6S. The van der Waals surface area contributed by atoms with Gasteiger partial charge in [-0.05, 0) is 13.8 Å². The molecule has 3 rings (SSSR count). The van der Waals surface area contributed by atoms with Crippen molar-refractivity contribution >= 4 is 11.4 Å². The van der Waals surface area contributed by atoms with Gasteiger partial charge in [-0.3, -0.25) is 4.18 Å². The van der Waals surface area contributed by atoms with E-state index in [0.717, 1.165) is 0 Å². The van der Waals surface area contributed by atoms with E-state index in [0.29, 0.717) is 6.61 Å². The van der Waals surface area contributed by atoms with Crippen LogP contribution < -0.4 is 0 Å². The SMILES string of the molecule is CC1(C)O[C@@H]2[C@H]3OS(=O)O[C@H]3OC[C@@H]2O1. The Labute approximate surface area is 89.6 Å². The molecule has 3 fully saturated rings. The Balaban J connectivity index is 1.82. The van der Waals surface area contributed by atoms with Crippen molar-refractivity contribution in [3.05, 3.63) is 0 Å². The first-order valence-electron chi connectivity index (χ1n) is 4.78. The summed E-state index contributed by atoms with van der Waals surface area (Å²) < 4.78 is 37.7. The molecule has 0 bridgehead atoms. The molecule has 0 saturated carbocycles. The molecule has 86 valence electrons. The normalized spacial score (nSPS) is 52.5. The van der Waals surface area contributed by atoms with Gasteiger partial charge in [0.1, 0.15) is 12.2 Å². The fraction of sp³-hybridized carbons (Fsp3) is 1.00. The Bertz CT molecular complexity index is 306. The van der Waals surface area contributed by atoms with Crippen LogP contribution in [0.3, 0.4) is 0 Å². The molecule has 6 nitrogen and oxygen atoms in total. The Hall–Kier alpha value is -0.0500. The number of fused-ring (bicyclic) bond motifs is 3. The van der Waals surface area contributed by atoms with Crippen LogP contribution in [0.25, 0.3) is 0 Å². The lowest BCUT2D eigenvalue weighted by molar-refractivity contribution is -0.177. The van der Waals surface area contributed by atoms with Gasteiger partial charge in [-0.15, -0.1) is 0 Å². The van der Waals surface area contributed by atoms with Crippen LogP contribution in [0.4, 0.5) is 0 Å². The maximum absolute atomic E-state index is 11.0. The van der Waals surface area contributed by atoms with Gasteiger partial charge in [-0.1, -0.05) is 0 Å². The second kappa shape index (κ2) is 3.22. The van der Waals surface area contributed by atoms with Gasteiger partial charge in [0.25, 0.3) is 0 Å². The molecule has 3 heterocycles. The Morgan fingerprint density at radius 3 is 2.80 bits per heavy atom. The molecule has 0 aromatic heterocycles. The van der Waals surface area contributed by atoms with Crippen LogP contribution in [0, 0.1) is 0 Å². The van der Waals surface area contributed by atoms with E-state index in [4.69, 9.17) is 22.6 Å². The summed E-state index contributed by atoms with van der Waals surface area (Å²) in [5.41, 5.74) is 0. The zero-order valence-electron chi connectivity index (χ0n) is 8.37. The highest BCUT2D eigenvalue weighted by atomic mass is 32.2. The number of rotatable bonds is 0. The van der Waals surface area contributed by atoms with Gasteiger partial charge in [0, 0.05) is 0 Å². The first-order chi connectivity index (χ1) is 7.05. The zero-order valence-corrected chi connectivity index (χ0v) is 9.19. The van der Waals surface area contributed by atoms with E-state index < -0.39 is 29.5 Å². The molecular weight excluding hydrogens is 224 g/mol. The first-order valence-corrected chi connectivity index (χ1v) is 5.78. The highest BCUT2D eigenvalue weighted by Crippen LogP contribution is 2.38. The highest BCUT2D eigenvalue weighted by molar-refractivity contribution is 7.75. The van der Waals surface area contributed by atoms with Crippen LogP contribution in [-0.2, 0) is 33.9 Å². The molecule has 7 heteroatoms. The van der Waals surface area contributed by atoms with Crippen LogP contribution in [-0.4, -0.2) is 41.2 Å². The largest absolute Gasteiger partial charge is 0.346 e. The molecule has 5 atom stereocenters. The van der Waals surface area contributed by atoms with Crippen molar-refractivity contribution in [2.75, 3.05) is 6.61 Å². The van der Waals surface area contributed by atoms with Crippen molar-refractivity contribution in [1.29, 1.82) is 0 Å². The van der Waals surface area contributed by atoms with Gasteiger partial charge in [0.05, 0.1) is 6.61 Å². The van der Waals surface area contributed by atoms with Crippen LogP contribution >= 0.6 is 0 Å². The molecule has 1 unspecified atom stereocenters. The standard InChI is InChI=1S/C8H12O6S/c1-8(2)11-4-3-10-7-6(5(4)12-8)13-15(9)14-7/h4-7H,3H2,1-2H3/t4-,5-,6+,7+,15?/m0/s1. The minimum Gasteiger partial charge on any atom is -0.346 e. The summed E-state index contributed by atoms with van der Waals surface area (Å²) in [6, 6.07) is 0. The van der Waals surface area contributed by atoms with Crippen LogP contribution in [0.1, 0.15) is 13.8 Å². The van der Waals surface area contributed by atoms with E-state index in [-0.39, 0.29) is 12.2 Å². The average Bonchev–Trinajstić information content (AvgIpc) is 2.62. The van der Waals surface area contributed by atoms with Crippen LogP contribution in [0.2, 0.25) is 0 Å². The molecule has 0 N–H and O–H groups in total. The summed E-state index contributed by atoms with van der Waals surface area (Å²) >= 11 is -1.74. The monoisotopic (exact) mass is 236 g/mol. The first kappa shape index (κ1) is 10.1. The van der Waals surface area contributed by atoms with Crippen LogP contribution in [0.5, 0.6) is 0 Å². The van der Waals surface area contributed by atoms with Crippen molar-refractivity contribution in [2.24, 2.45) is 0 Å². The van der Waals surface area contributed by atoms with Crippen LogP contribution in [0.15, 0.2) is 0 Å². The highest BCUT2D eigenvalue weighted by Gasteiger charge is 2.56. The molecule has 0 amide bonds. The van der Waals surface area contributed by atoms with E-state index in [1.807, 2.05) is 13.8 Å². The number of ether oxygens (including phenoxy) is 3. The second-order valence-corrected chi connectivity index (χ2v) is 4.99. The van der Waals surface area contributed by atoms with Crippen molar-refractivity contribution < 1.29 is 26.8 Å². The smallest absolute Gasteiger partial charge is 0.307 e. The Morgan fingerprint density at radius 2 is 2.00 bits per heavy atom. The third kappa shape index (κ3) is 1.63. The lowest BCUT2D eigenvalue weighted by Crippen LogP contribution is -2.49. The Morgan fingerprint density at radius 1 is 1.20 bits per heavy atom. The molecule has 3 aliphatic rings. The van der Waals surface area contributed by atoms with Gasteiger partial charge in [0.15, 0.2) is 11.9 Å². The molecule has 0 aromatic rings. The Kier molecular flexibility index (Phi) is 2.17. The van der Waals surface area contributed by atoms with Crippen molar-refractivity contribution in [3.8, 4) is 0 Å². The molecule has 0 spiro atoms. The van der Waals surface area contributed by atoms with E-state index in [2.05, 4.69) is 0 Å². The lowest BCUT2D eigenvalue weighted by atomic mass is 10.1. The van der Waals surface area contributed by atoms with Gasteiger partial charge in [0.2, 0.25) is 6.29 Å². The predicted octanol–water partition coefficient (Wildman–Crippen LogP) is -0.143. The lowest BCUT2D eigenvalue weighted by Gasteiger charge is -2.29. The third-order valence-corrected chi connectivity index (χ3v) is 3.33. The quantitative estimate of drug-likeness (QED) is 0.583. The number of hydrogen-bond donors (Lipinski definition) is 0. The van der Waals surface area contributed by atoms with E-state index in [1.54, 1.807) is 0 Å². The summed E-state index contributed by atoms with van der Waals surface area (Å²) in [6.45, 7) is 4.02. The zero-order chi connectivity index (χ0) is 10.6. The fourth-order valence-corrected chi connectivity index (χ4v) is 2.83. The van der Waals surface area contributed by atoms with Gasteiger partial charge >= 0.3 is 11.4 Å². The van der Waals surface area contributed by atoms with Gasteiger partial charge < -0.3 is 14.2 Å². The molecule has 3 aliphatic heterocycles. The molecule has 0 aliphatic carbocycles. The van der Waals surface area contributed by atoms with Crippen molar-refractivity contribution in [3.63, 3.8) is 0 Å². The fourth-order valence-electron chi connectivity index (χ4n) is 2.08. The average molecular weight is 236 g/mol. The summed E-state index contributed by atoms with van der Waals surface area (Å²) in [5, 5.41) is 0. The van der Waals surface area contributed by atoms with E-state index in [1.165, 1.54) is 0 Å². The van der Waals surface area contributed by atoms with Gasteiger partial charge in [-0.2, -0.15) is 4.21 Å². The third-order valence-electron chi connectivity index (χ3n) is 2.60.